The van der Waals surface area contributed by atoms with Gasteiger partial charge in [0.1, 0.15) is 12.4 Å². The number of aldehydes is 1. The first-order valence-corrected chi connectivity index (χ1v) is 5.25. The molecule has 0 bridgehead atoms. The maximum absolute atomic E-state index is 11.1. The molecular weight excluding hydrogens is 234 g/mol. The molecule has 0 radical (unpaired) electrons. The first-order chi connectivity index (χ1) is 8.67. The van der Waals surface area contributed by atoms with Gasteiger partial charge in [-0.05, 0) is 18.2 Å². The highest BCUT2D eigenvalue weighted by Crippen LogP contribution is 2.26. The van der Waals surface area contributed by atoms with Crippen molar-refractivity contribution in [3.05, 3.63) is 42.1 Å². The largest absolute Gasteiger partial charge is 0.490 e. The first-order valence-electron chi connectivity index (χ1n) is 5.25. The number of benzene rings is 1. The van der Waals surface area contributed by atoms with Crippen LogP contribution in [0.2, 0.25) is 0 Å². The number of H-pyrrole nitrogens is 1. The number of carboxylic acid groups (broad SMARTS) is 1. The van der Waals surface area contributed by atoms with E-state index in [1.807, 2.05) is 0 Å². The molecule has 2 N–H and O–H groups in total. The first kappa shape index (κ1) is 11.9. The lowest BCUT2D eigenvalue weighted by atomic mass is 10.1. The number of carbonyl (C=O) groups is 2. The fourth-order valence-corrected chi connectivity index (χ4v) is 1.76. The smallest absolute Gasteiger partial charge is 0.338 e. The third-order valence-electron chi connectivity index (χ3n) is 2.50. The van der Waals surface area contributed by atoms with E-state index >= 15 is 0 Å². The summed E-state index contributed by atoms with van der Waals surface area (Å²) in [4.78, 5) is 24.7. The Kier molecular flexibility index (Phi) is 3.14. The minimum absolute atomic E-state index is 0.0379. The summed E-state index contributed by atoms with van der Waals surface area (Å²) in [7, 11) is 0. The summed E-state index contributed by atoms with van der Waals surface area (Å²) in [6.07, 6.45) is 2.09. The summed E-state index contributed by atoms with van der Waals surface area (Å²) in [5, 5.41) is 9.56. The van der Waals surface area contributed by atoms with E-state index < -0.39 is 5.97 Å². The van der Waals surface area contributed by atoms with E-state index in [9.17, 15) is 9.59 Å². The van der Waals surface area contributed by atoms with Crippen LogP contribution in [0.3, 0.4) is 0 Å². The number of aromatic nitrogens is 1. The summed E-state index contributed by atoms with van der Waals surface area (Å²) in [5.74, 6) is -0.620. The molecule has 0 saturated carbocycles. The molecule has 0 aliphatic carbocycles. The van der Waals surface area contributed by atoms with Crippen LogP contribution >= 0.6 is 0 Å². The van der Waals surface area contributed by atoms with Crippen molar-refractivity contribution in [2.24, 2.45) is 0 Å². The molecule has 0 fully saturated rings. The van der Waals surface area contributed by atoms with Gasteiger partial charge >= 0.3 is 5.97 Å². The number of hydrogen-bond donors (Lipinski definition) is 2. The molecule has 1 heterocycles. The molecule has 2 aromatic rings. The average Bonchev–Trinajstić information content (AvgIpc) is 2.73. The van der Waals surface area contributed by atoms with Gasteiger partial charge in [0.2, 0.25) is 0 Å². The Hall–Kier alpha value is -2.56. The van der Waals surface area contributed by atoms with Crippen molar-refractivity contribution in [1.29, 1.82) is 0 Å². The zero-order chi connectivity index (χ0) is 13.1. The van der Waals surface area contributed by atoms with Crippen LogP contribution in [0.1, 0.15) is 20.8 Å². The Morgan fingerprint density at radius 2 is 2.28 bits per heavy atom. The van der Waals surface area contributed by atoms with E-state index in [0.29, 0.717) is 29.5 Å². The van der Waals surface area contributed by atoms with Crippen LogP contribution in [-0.2, 0) is 0 Å². The Morgan fingerprint density at radius 1 is 1.50 bits per heavy atom. The highest BCUT2D eigenvalue weighted by Gasteiger charge is 2.17. The van der Waals surface area contributed by atoms with Gasteiger partial charge in [0.05, 0.1) is 11.3 Å². The number of aromatic carboxylic acids is 1. The van der Waals surface area contributed by atoms with Crippen molar-refractivity contribution >= 4 is 23.2 Å². The predicted molar refractivity (Wildman–Crippen MR) is 66.3 cm³/mol. The second-order valence-corrected chi connectivity index (χ2v) is 3.64. The van der Waals surface area contributed by atoms with Gasteiger partial charge in [0, 0.05) is 10.9 Å². The molecule has 92 valence electrons. The molecular formula is C13H11NO4. The van der Waals surface area contributed by atoms with Crippen LogP contribution in [0.15, 0.2) is 30.9 Å². The van der Waals surface area contributed by atoms with Gasteiger partial charge in [0.25, 0.3) is 0 Å². The fraction of sp³-hybridized carbons (Fsp3) is 0.0769. The number of carbonyl (C=O) groups excluding carboxylic acids is 1. The highest BCUT2D eigenvalue weighted by molar-refractivity contribution is 6.09. The molecule has 0 spiro atoms. The second kappa shape index (κ2) is 4.75. The van der Waals surface area contributed by atoms with E-state index in [2.05, 4.69) is 11.6 Å². The molecule has 0 unspecified atom stereocenters. The van der Waals surface area contributed by atoms with Crippen molar-refractivity contribution in [3.63, 3.8) is 0 Å². The van der Waals surface area contributed by atoms with Crippen LogP contribution in [0, 0.1) is 0 Å². The van der Waals surface area contributed by atoms with Crippen LogP contribution in [-0.4, -0.2) is 29.0 Å². The molecule has 5 heteroatoms. The second-order valence-electron chi connectivity index (χ2n) is 3.64. The molecule has 0 atom stereocenters. The lowest BCUT2D eigenvalue weighted by Gasteiger charge is -2.02. The maximum atomic E-state index is 11.1. The van der Waals surface area contributed by atoms with Crippen molar-refractivity contribution < 1.29 is 19.4 Å². The Balaban J connectivity index is 2.59. The summed E-state index contributed by atoms with van der Waals surface area (Å²) in [5.41, 5.74) is 0.600. The zero-order valence-corrected chi connectivity index (χ0v) is 9.47. The Morgan fingerprint density at radius 3 is 2.89 bits per heavy atom. The van der Waals surface area contributed by atoms with Crippen LogP contribution in [0.5, 0.6) is 5.75 Å². The number of rotatable bonds is 5. The predicted octanol–water partition coefficient (Wildman–Crippen LogP) is 2.24. The van der Waals surface area contributed by atoms with Gasteiger partial charge in [-0.25, -0.2) is 4.79 Å². The molecule has 2 rings (SSSR count). The summed E-state index contributed by atoms with van der Waals surface area (Å²) < 4.78 is 5.33. The Bertz CT molecular complexity index is 627. The topological polar surface area (TPSA) is 79.4 Å². The molecule has 0 aliphatic rings. The van der Waals surface area contributed by atoms with Gasteiger partial charge in [-0.3, -0.25) is 4.79 Å². The van der Waals surface area contributed by atoms with Gasteiger partial charge in [-0.2, -0.15) is 0 Å². The summed E-state index contributed by atoms with van der Waals surface area (Å²) in [6, 6.07) is 4.96. The monoisotopic (exact) mass is 245 g/mol. The van der Waals surface area contributed by atoms with Crippen molar-refractivity contribution in [3.8, 4) is 5.75 Å². The van der Waals surface area contributed by atoms with Gasteiger partial charge in [-0.1, -0.05) is 12.7 Å². The number of aromatic amines is 1. The molecule has 1 aromatic carbocycles. The van der Waals surface area contributed by atoms with E-state index in [1.165, 1.54) is 0 Å². The third kappa shape index (κ3) is 1.98. The fourth-order valence-electron chi connectivity index (χ4n) is 1.76. The molecule has 0 aliphatic heterocycles. The quantitative estimate of drug-likeness (QED) is 0.625. The van der Waals surface area contributed by atoms with Gasteiger partial charge in [-0.15, -0.1) is 0 Å². The lowest BCUT2D eigenvalue weighted by molar-refractivity contribution is 0.0696. The molecule has 18 heavy (non-hydrogen) atoms. The SMILES string of the molecule is C=CCOc1ccc2[nH]c(C=O)c(C(=O)O)c2c1. The van der Waals surface area contributed by atoms with E-state index in [1.54, 1.807) is 24.3 Å². The number of hydrogen-bond acceptors (Lipinski definition) is 3. The molecule has 1 aromatic heterocycles. The van der Waals surface area contributed by atoms with Crippen molar-refractivity contribution in [2.45, 2.75) is 0 Å². The van der Waals surface area contributed by atoms with E-state index in [0.717, 1.165) is 0 Å². The van der Waals surface area contributed by atoms with E-state index in [-0.39, 0.29) is 11.3 Å². The minimum atomic E-state index is -1.15. The zero-order valence-electron chi connectivity index (χ0n) is 9.47. The minimum Gasteiger partial charge on any atom is -0.490 e. The normalized spacial score (nSPS) is 10.2. The standard InChI is InChI=1S/C13H11NO4/c1-2-5-18-8-3-4-10-9(6-8)12(13(16)17)11(7-15)14-10/h2-4,6-7,14H,1,5H2,(H,16,17). The van der Waals surface area contributed by atoms with Crippen LogP contribution in [0.4, 0.5) is 0 Å². The molecule has 5 nitrogen and oxygen atoms in total. The molecule has 0 saturated heterocycles. The third-order valence-corrected chi connectivity index (χ3v) is 2.50. The summed E-state index contributed by atoms with van der Waals surface area (Å²) in [6.45, 7) is 3.86. The van der Waals surface area contributed by atoms with E-state index in [4.69, 9.17) is 9.84 Å². The van der Waals surface area contributed by atoms with Crippen LogP contribution in [0.25, 0.3) is 10.9 Å². The highest BCUT2D eigenvalue weighted by atomic mass is 16.5. The number of ether oxygens (including phenoxy) is 1. The van der Waals surface area contributed by atoms with Crippen molar-refractivity contribution in [1.82, 2.24) is 4.98 Å². The Labute approximate surface area is 103 Å². The number of nitrogens with one attached hydrogen (secondary N) is 1. The summed E-state index contributed by atoms with van der Waals surface area (Å²) >= 11 is 0. The lowest BCUT2D eigenvalue weighted by Crippen LogP contribution is -1.99. The van der Waals surface area contributed by atoms with Gasteiger partial charge < -0.3 is 14.8 Å². The van der Waals surface area contributed by atoms with Gasteiger partial charge in [0.15, 0.2) is 6.29 Å². The number of fused-ring (bicyclic) bond motifs is 1. The molecule has 0 amide bonds. The van der Waals surface area contributed by atoms with Crippen LogP contribution < -0.4 is 4.74 Å². The average molecular weight is 245 g/mol. The maximum Gasteiger partial charge on any atom is 0.338 e. The number of carboxylic acids is 1. The van der Waals surface area contributed by atoms with Crippen molar-refractivity contribution in [2.75, 3.05) is 6.61 Å².